The minimum absolute atomic E-state index is 0.0532. The summed E-state index contributed by atoms with van der Waals surface area (Å²) in [6, 6.07) is 15.1. The van der Waals surface area contributed by atoms with Gasteiger partial charge in [0.25, 0.3) is 5.19 Å². The first-order chi connectivity index (χ1) is 19.0. The van der Waals surface area contributed by atoms with Gasteiger partial charge >= 0.3 is 0 Å². The number of carbonyl (C=O) groups excluding carboxylic acids is 1. The van der Waals surface area contributed by atoms with E-state index in [0.29, 0.717) is 57.5 Å². The molecule has 0 amide bonds. The van der Waals surface area contributed by atoms with E-state index in [-0.39, 0.29) is 12.2 Å². The number of imidazole rings is 1. The molecule has 198 valence electrons. The third-order valence-electron chi connectivity index (χ3n) is 6.10. The molecule has 4 heterocycles. The Balaban J connectivity index is 1.20. The molecule has 39 heavy (non-hydrogen) atoms. The number of fused-ring (bicyclic) bond motifs is 2. The summed E-state index contributed by atoms with van der Waals surface area (Å²) in [7, 11) is 3.17. The first kappa shape index (κ1) is 24.7. The Morgan fingerprint density at radius 2 is 1.92 bits per heavy atom. The van der Waals surface area contributed by atoms with E-state index in [9.17, 15) is 4.79 Å². The van der Waals surface area contributed by atoms with E-state index in [2.05, 4.69) is 15.2 Å². The summed E-state index contributed by atoms with van der Waals surface area (Å²) < 4.78 is 29.8. The number of methoxy groups -OCH3 is 2. The number of carbonyl (C=O) groups is 1. The van der Waals surface area contributed by atoms with Crippen LogP contribution in [0.2, 0.25) is 0 Å². The Hall–Kier alpha value is -4.64. The fourth-order valence-corrected chi connectivity index (χ4v) is 5.00. The average molecular weight is 545 g/mol. The first-order valence-corrected chi connectivity index (χ1v) is 13.0. The van der Waals surface area contributed by atoms with Crippen LogP contribution in [0.5, 0.6) is 16.7 Å². The van der Waals surface area contributed by atoms with Crippen molar-refractivity contribution in [3.8, 4) is 28.1 Å². The van der Waals surface area contributed by atoms with Crippen molar-refractivity contribution in [2.45, 2.75) is 26.4 Å². The number of aromatic nitrogens is 4. The molecule has 4 aromatic heterocycles. The molecule has 0 bridgehead atoms. The van der Waals surface area contributed by atoms with Gasteiger partial charge < -0.3 is 23.2 Å². The highest BCUT2D eigenvalue weighted by Gasteiger charge is 2.17. The molecule has 0 unspecified atom stereocenters. The SMILES string of the molecule is COc1cc(OCc2cccc(CC(=O)Cc3cc(C)no3)c2)c2cc(-c3cn4nc(OC)sc4n3)oc2c1. The highest BCUT2D eigenvalue weighted by molar-refractivity contribution is 7.18. The summed E-state index contributed by atoms with van der Waals surface area (Å²) >= 11 is 1.34. The molecule has 0 radical (unpaired) electrons. The van der Waals surface area contributed by atoms with Crippen LogP contribution < -0.4 is 14.2 Å². The van der Waals surface area contributed by atoms with Crippen LogP contribution in [-0.2, 0) is 24.2 Å². The van der Waals surface area contributed by atoms with Crippen LogP contribution in [0.1, 0.15) is 22.6 Å². The molecule has 0 saturated heterocycles. The van der Waals surface area contributed by atoms with Gasteiger partial charge in [0.15, 0.2) is 5.76 Å². The first-order valence-electron chi connectivity index (χ1n) is 12.1. The Labute approximate surface area is 226 Å². The lowest BCUT2D eigenvalue weighted by atomic mass is 10.0. The van der Waals surface area contributed by atoms with Gasteiger partial charge in [-0.15, -0.1) is 5.10 Å². The summed E-state index contributed by atoms with van der Waals surface area (Å²) in [4.78, 5) is 17.8. The maximum absolute atomic E-state index is 12.5. The van der Waals surface area contributed by atoms with Gasteiger partial charge in [-0.05, 0) is 35.5 Å². The molecule has 0 fully saturated rings. The number of ketones is 1. The van der Waals surface area contributed by atoms with Crippen LogP contribution in [0.25, 0.3) is 27.4 Å². The number of ether oxygens (including phenoxy) is 3. The second-order valence-corrected chi connectivity index (χ2v) is 9.93. The monoisotopic (exact) mass is 544 g/mol. The molecule has 0 aliphatic carbocycles. The van der Waals surface area contributed by atoms with Crippen LogP contribution in [0.15, 0.2) is 63.7 Å². The van der Waals surface area contributed by atoms with Gasteiger partial charge in [0.1, 0.15) is 40.9 Å². The van der Waals surface area contributed by atoms with Gasteiger partial charge in [-0.3, -0.25) is 4.79 Å². The normalized spacial score (nSPS) is 11.4. The lowest BCUT2D eigenvalue weighted by molar-refractivity contribution is -0.118. The van der Waals surface area contributed by atoms with Crippen LogP contribution in [-0.4, -0.2) is 39.8 Å². The maximum Gasteiger partial charge on any atom is 0.294 e. The van der Waals surface area contributed by atoms with Crippen molar-refractivity contribution in [2.75, 3.05) is 14.2 Å². The van der Waals surface area contributed by atoms with E-state index in [0.717, 1.165) is 22.2 Å². The molecule has 6 rings (SSSR count). The van der Waals surface area contributed by atoms with Crippen LogP contribution >= 0.6 is 11.3 Å². The third-order valence-corrected chi connectivity index (χ3v) is 6.98. The van der Waals surface area contributed by atoms with Crippen molar-refractivity contribution < 1.29 is 27.9 Å². The van der Waals surface area contributed by atoms with Crippen molar-refractivity contribution in [1.29, 1.82) is 0 Å². The molecule has 0 saturated carbocycles. The Kier molecular flexibility index (Phi) is 6.49. The minimum atomic E-state index is 0.0532. The molecule has 6 aromatic rings. The standard InChI is InChI=1S/C28H24N4O6S/c1-16-7-21(38-31-16)10-19(33)9-17-5-4-6-18(8-17)15-36-24-11-20(34-2)12-25-22(24)13-26(37-25)23-14-32-27(29-23)39-28(30-32)35-3/h4-8,11-14H,9-10,15H2,1-3H3. The number of nitrogens with zero attached hydrogens (tertiary/aromatic N) is 4. The molecule has 11 heteroatoms. The predicted molar refractivity (Wildman–Crippen MR) is 144 cm³/mol. The fourth-order valence-electron chi connectivity index (χ4n) is 4.30. The second-order valence-electron chi connectivity index (χ2n) is 9.01. The number of benzene rings is 2. The zero-order chi connectivity index (χ0) is 26.9. The molecule has 0 spiro atoms. The fraction of sp³-hybridized carbons (Fsp3) is 0.214. The van der Waals surface area contributed by atoms with E-state index < -0.39 is 0 Å². The zero-order valence-corrected chi connectivity index (χ0v) is 22.3. The van der Waals surface area contributed by atoms with Crippen LogP contribution in [0, 0.1) is 6.92 Å². The van der Waals surface area contributed by atoms with Gasteiger partial charge in [-0.1, -0.05) is 29.4 Å². The van der Waals surface area contributed by atoms with Crippen molar-refractivity contribution in [1.82, 2.24) is 19.8 Å². The third kappa shape index (κ3) is 5.21. The van der Waals surface area contributed by atoms with Gasteiger partial charge in [0.2, 0.25) is 4.96 Å². The number of Topliss-reactive ketones (excluding diaryl/α,β-unsaturated/α-hetero) is 1. The maximum atomic E-state index is 12.5. The summed E-state index contributed by atoms with van der Waals surface area (Å²) in [5.41, 5.74) is 3.86. The quantitative estimate of drug-likeness (QED) is 0.222. The molecule has 0 aliphatic rings. The number of hydrogen-bond donors (Lipinski definition) is 0. The predicted octanol–water partition coefficient (Wildman–Crippen LogP) is 5.45. The molecular weight excluding hydrogens is 520 g/mol. The van der Waals surface area contributed by atoms with Gasteiger partial charge in [0, 0.05) is 24.6 Å². The topological polar surface area (TPSA) is 114 Å². The summed E-state index contributed by atoms with van der Waals surface area (Å²) in [5.74, 6) is 2.43. The highest BCUT2D eigenvalue weighted by Crippen LogP contribution is 2.37. The number of rotatable bonds is 10. The Morgan fingerprint density at radius 1 is 1.05 bits per heavy atom. The van der Waals surface area contributed by atoms with Gasteiger partial charge in [0.05, 0.1) is 37.9 Å². The lowest BCUT2D eigenvalue weighted by Crippen LogP contribution is -2.06. The second kappa shape index (κ2) is 10.3. The molecule has 0 N–H and O–H groups in total. The minimum Gasteiger partial charge on any atom is -0.496 e. The molecule has 0 aliphatic heterocycles. The van der Waals surface area contributed by atoms with E-state index in [4.69, 9.17) is 23.2 Å². The zero-order valence-electron chi connectivity index (χ0n) is 21.5. The van der Waals surface area contributed by atoms with Crippen LogP contribution in [0.3, 0.4) is 0 Å². The lowest BCUT2D eigenvalue weighted by Gasteiger charge is -2.10. The number of hydrogen-bond acceptors (Lipinski definition) is 10. The van der Waals surface area contributed by atoms with E-state index in [1.807, 2.05) is 49.4 Å². The van der Waals surface area contributed by atoms with E-state index >= 15 is 0 Å². The van der Waals surface area contributed by atoms with Gasteiger partial charge in [-0.2, -0.15) is 0 Å². The number of aryl methyl sites for hydroxylation is 1. The van der Waals surface area contributed by atoms with Gasteiger partial charge in [-0.25, -0.2) is 9.50 Å². The largest absolute Gasteiger partial charge is 0.496 e. The number of furan rings is 1. The van der Waals surface area contributed by atoms with Crippen LogP contribution in [0.4, 0.5) is 0 Å². The highest BCUT2D eigenvalue weighted by atomic mass is 32.1. The van der Waals surface area contributed by atoms with Crippen molar-refractivity contribution in [3.05, 3.63) is 77.3 Å². The Morgan fingerprint density at radius 3 is 2.69 bits per heavy atom. The van der Waals surface area contributed by atoms with E-state index in [1.165, 1.54) is 11.3 Å². The summed E-state index contributed by atoms with van der Waals surface area (Å²) in [6.45, 7) is 2.13. The average Bonchev–Trinajstić information content (AvgIpc) is 3.70. The molecule has 2 aromatic carbocycles. The smallest absolute Gasteiger partial charge is 0.294 e. The van der Waals surface area contributed by atoms with E-state index in [1.54, 1.807) is 31.0 Å². The molecular formula is C28H24N4O6S. The van der Waals surface area contributed by atoms with Crippen molar-refractivity contribution in [3.63, 3.8) is 0 Å². The molecule has 0 atom stereocenters. The molecule has 10 nitrogen and oxygen atoms in total. The van der Waals surface area contributed by atoms with Crippen molar-refractivity contribution >= 4 is 33.1 Å². The Bertz CT molecular complexity index is 1760. The summed E-state index contributed by atoms with van der Waals surface area (Å²) in [5, 5.41) is 9.49. The summed E-state index contributed by atoms with van der Waals surface area (Å²) in [6.07, 6.45) is 2.30. The van der Waals surface area contributed by atoms with Crippen molar-refractivity contribution in [2.24, 2.45) is 0 Å².